The van der Waals surface area contributed by atoms with Crippen LogP contribution in [0.4, 0.5) is 0 Å². The smallest absolute Gasteiger partial charge is 0.0698 e. The van der Waals surface area contributed by atoms with E-state index in [2.05, 4.69) is 58.4 Å². The van der Waals surface area contributed by atoms with Crippen LogP contribution in [0.5, 0.6) is 0 Å². The van der Waals surface area contributed by atoms with E-state index in [9.17, 15) is 0 Å². The Morgan fingerprint density at radius 1 is 0.680 bits per heavy atom. The average Bonchev–Trinajstić information content (AvgIpc) is 2.64. The van der Waals surface area contributed by atoms with Crippen LogP contribution in [0.25, 0.3) is 0 Å². The summed E-state index contributed by atoms with van der Waals surface area (Å²) in [5.74, 6) is 0. The molecular weight excluding hydrogens is 370 g/mol. The fourth-order valence-electron chi connectivity index (χ4n) is 3.48. The number of halogens is 1. The van der Waals surface area contributed by atoms with E-state index in [4.69, 9.17) is 5.41 Å². The summed E-state index contributed by atoms with van der Waals surface area (Å²) in [7, 11) is 0. The minimum atomic E-state index is 0.607. The van der Waals surface area contributed by atoms with Gasteiger partial charge in [-0.2, -0.15) is 0 Å². The summed E-state index contributed by atoms with van der Waals surface area (Å²) in [6, 6.07) is 23.7. The van der Waals surface area contributed by atoms with Crippen LogP contribution >= 0.6 is 15.9 Å². The summed E-state index contributed by atoms with van der Waals surface area (Å²) in [6.45, 7) is 0. The van der Waals surface area contributed by atoms with E-state index < -0.39 is 0 Å². The summed E-state index contributed by atoms with van der Waals surface area (Å²) in [5, 5.41) is 8.81. The highest BCUT2D eigenvalue weighted by Gasteiger charge is 2.14. The van der Waals surface area contributed by atoms with Crippen molar-refractivity contribution in [3.8, 4) is 0 Å². The lowest BCUT2D eigenvalue weighted by molar-refractivity contribution is 0.919. The Hall–Kier alpha value is -2.19. The van der Waals surface area contributed by atoms with Crippen LogP contribution in [0.2, 0.25) is 0 Å². The van der Waals surface area contributed by atoms with Crippen LogP contribution in [-0.4, -0.2) is 5.71 Å². The molecule has 0 aromatic heterocycles. The van der Waals surface area contributed by atoms with Crippen molar-refractivity contribution in [1.29, 1.82) is 5.41 Å². The minimum absolute atomic E-state index is 0.607. The molecular formula is C23H20BrN. The second-order valence-corrected chi connectivity index (χ2v) is 7.52. The van der Waals surface area contributed by atoms with Crippen molar-refractivity contribution in [3.63, 3.8) is 0 Å². The van der Waals surface area contributed by atoms with Gasteiger partial charge in [-0.1, -0.05) is 70.5 Å². The molecule has 0 heterocycles. The van der Waals surface area contributed by atoms with Crippen LogP contribution in [0.3, 0.4) is 0 Å². The topological polar surface area (TPSA) is 23.9 Å². The molecule has 0 spiro atoms. The lowest BCUT2D eigenvalue weighted by Gasteiger charge is -2.16. The van der Waals surface area contributed by atoms with Crippen molar-refractivity contribution < 1.29 is 0 Å². The molecule has 1 N–H and O–H groups in total. The van der Waals surface area contributed by atoms with E-state index in [0.717, 1.165) is 41.3 Å². The molecule has 0 atom stereocenters. The summed E-state index contributed by atoms with van der Waals surface area (Å²) in [5.41, 5.74) is 7.95. The molecule has 0 saturated carbocycles. The van der Waals surface area contributed by atoms with Crippen LogP contribution < -0.4 is 0 Å². The van der Waals surface area contributed by atoms with E-state index in [1.54, 1.807) is 0 Å². The third-order valence-corrected chi connectivity index (χ3v) is 5.69. The standard InChI is InChI=1S/C23H20BrN/c24-22-4-2-1-3-20(22)23(25)21-15-18-10-9-16-5-7-17(8-6-16)11-13-19(21)14-12-18/h1-8,12,14-15,25H,9-11,13H2. The largest absolute Gasteiger partial charge is 0.300 e. The molecule has 3 aromatic rings. The van der Waals surface area contributed by atoms with Gasteiger partial charge in [0.1, 0.15) is 0 Å². The summed E-state index contributed by atoms with van der Waals surface area (Å²) >= 11 is 3.60. The zero-order valence-electron chi connectivity index (χ0n) is 14.1. The van der Waals surface area contributed by atoms with E-state index >= 15 is 0 Å². The first-order chi connectivity index (χ1) is 12.2. The molecule has 0 amide bonds. The van der Waals surface area contributed by atoms with Gasteiger partial charge in [0.15, 0.2) is 0 Å². The summed E-state index contributed by atoms with van der Waals surface area (Å²) < 4.78 is 0.979. The second kappa shape index (κ2) is 6.97. The maximum Gasteiger partial charge on any atom is 0.0698 e. The van der Waals surface area contributed by atoms with Gasteiger partial charge >= 0.3 is 0 Å². The van der Waals surface area contributed by atoms with Crippen LogP contribution in [0, 0.1) is 5.41 Å². The Morgan fingerprint density at radius 3 is 2.00 bits per heavy atom. The number of aryl methyl sites for hydroxylation is 4. The molecule has 4 aliphatic carbocycles. The van der Waals surface area contributed by atoms with E-state index in [-0.39, 0.29) is 0 Å². The zero-order chi connectivity index (χ0) is 17.2. The predicted molar refractivity (Wildman–Crippen MR) is 108 cm³/mol. The lowest BCUT2D eigenvalue weighted by Crippen LogP contribution is -2.09. The third kappa shape index (κ3) is 3.45. The quantitative estimate of drug-likeness (QED) is 0.539. The van der Waals surface area contributed by atoms with Crippen LogP contribution in [0.1, 0.15) is 33.4 Å². The first-order valence-electron chi connectivity index (χ1n) is 8.74. The molecule has 4 bridgehead atoms. The van der Waals surface area contributed by atoms with Crippen molar-refractivity contribution in [3.05, 3.63) is 105 Å². The SMILES string of the molecule is N=C(c1ccccc1Br)c1cc2ccc1CCc1ccc(cc1)CC2. The van der Waals surface area contributed by atoms with Gasteiger partial charge in [0, 0.05) is 15.6 Å². The molecule has 0 aliphatic heterocycles. The maximum absolute atomic E-state index is 8.81. The number of nitrogens with one attached hydrogen (secondary N) is 1. The molecule has 3 aromatic carbocycles. The van der Waals surface area contributed by atoms with Gasteiger partial charge < -0.3 is 0 Å². The highest BCUT2D eigenvalue weighted by atomic mass is 79.9. The van der Waals surface area contributed by atoms with Crippen molar-refractivity contribution in [2.45, 2.75) is 25.7 Å². The van der Waals surface area contributed by atoms with Gasteiger partial charge in [0.25, 0.3) is 0 Å². The van der Waals surface area contributed by atoms with Gasteiger partial charge in [-0.25, -0.2) is 0 Å². The number of benzene rings is 3. The Bertz CT molecular complexity index is 925. The average molecular weight is 390 g/mol. The second-order valence-electron chi connectivity index (χ2n) is 6.66. The van der Waals surface area contributed by atoms with E-state index in [1.165, 1.54) is 22.3 Å². The Balaban J connectivity index is 1.76. The molecule has 0 radical (unpaired) electrons. The molecule has 2 heteroatoms. The third-order valence-electron chi connectivity index (χ3n) is 5.00. The van der Waals surface area contributed by atoms with Gasteiger partial charge in [0.05, 0.1) is 5.71 Å². The first kappa shape index (κ1) is 16.3. The van der Waals surface area contributed by atoms with Gasteiger partial charge in [0.2, 0.25) is 0 Å². The molecule has 0 fully saturated rings. The van der Waals surface area contributed by atoms with Crippen molar-refractivity contribution in [1.82, 2.24) is 0 Å². The van der Waals surface area contributed by atoms with Crippen molar-refractivity contribution in [2.75, 3.05) is 0 Å². The normalized spacial score (nSPS) is 13.3. The predicted octanol–water partition coefficient (Wildman–Crippen LogP) is 5.75. The van der Waals surface area contributed by atoms with Gasteiger partial charge in [-0.15, -0.1) is 0 Å². The Kier molecular flexibility index (Phi) is 4.54. The molecule has 1 nitrogen and oxygen atoms in total. The molecule has 25 heavy (non-hydrogen) atoms. The van der Waals surface area contributed by atoms with Crippen molar-refractivity contribution in [2.24, 2.45) is 0 Å². The summed E-state index contributed by atoms with van der Waals surface area (Å²) in [4.78, 5) is 0. The van der Waals surface area contributed by atoms with Crippen LogP contribution in [-0.2, 0) is 25.7 Å². The number of hydrogen-bond donors (Lipinski definition) is 1. The fraction of sp³-hybridized carbons (Fsp3) is 0.174. The van der Waals surface area contributed by atoms with E-state index in [1.807, 2.05) is 24.3 Å². The number of rotatable bonds is 2. The van der Waals surface area contributed by atoms with Gasteiger partial charge in [-0.3, -0.25) is 5.41 Å². The summed E-state index contributed by atoms with van der Waals surface area (Å²) in [6.07, 6.45) is 4.02. The molecule has 4 aliphatic rings. The number of hydrogen-bond acceptors (Lipinski definition) is 1. The highest BCUT2D eigenvalue weighted by Crippen LogP contribution is 2.25. The lowest BCUT2D eigenvalue weighted by atomic mass is 9.90. The molecule has 124 valence electrons. The monoisotopic (exact) mass is 389 g/mol. The zero-order valence-corrected chi connectivity index (χ0v) is 15.6. The maximum atomic E-state index is 8.81. The Labute approximate surface area is 157 Å². The van der Waals surface area contributed by atoms with Crippen LogP contribution in [0.15, 0.2) is 71.2 Å². The Morgan fingerprint density at radius 2 is 1.28 bits per heavy atom. The van der Waals surface area contributed by atoms with Gasteiger partial charge in [-0.05, 0) is 60.1 Å². The molecule has 7 rings (SSSR count). The van der Waals surface area contributed by atoms with Crippen molar-refractivity contribution >= 4 is 21.6 Å². The highest BCUT2D eigenvalue weighted by molar-refractivity contribution is 9.10. The fourth-order valence-corrected chi connectivity index (χ4v) is 3.96. The van der Waals surface area contributed by atoms with E-state index in [0.29, 0.717) is 5.71 Å². The molecule has 0 saturated heterocycles. The molecule has 0 unspecified atom stereocenters. The minimum Gasteiger partial charge on any atom is -0.300 e. The first-order valence-corrected chi connectivity index (χ1v) is 9.53.